The Hall–Kier alpha value is -2.42. The van der Waals surface area contributed by atoms with Crippen LogP contribution in [0.4, 0.5) is 13.2 Å². The Morgan fingerprint density at radius 1 is 1.09 bits per heavy atom. The molecule has 120 valence electrons. The first kappa shape index (κ1) is 15.5. The minimum Gasteiger partial charge on any atom is -0.229 e. The van der Waals surface area contributed by atoms with Gasteiger partial charge in [-0.2, -0.15) is 18.3 Å². The summed E-state index contributed by atoms with van der Waals surface area (Å²) < 4.78 is 63.0. The number of alkyl halides is 3. The topological polar surface area (TPSA) is 64.3 Å². The van der Waals surface area contributed by atoms with E-state index < -0.39 is 21.7 Å². The third-order valence-electron chi connectivity index (χ3n) is 3.23. The molecule has 0 saturated carbocycles. The van der Waals surface area contributed by atoms with Crippen LogP contribution in [0.1, 0.15) is 5.69 Å². The number of fused-ring (bicyclic) bond motifs is 1. The van der Waals surface area contributed by atoms with E-state index in [1.807, 2.05) is 0 Å². The molecule has 1 aromatic carbocycles. The Bertz CT molecular complexity index is 977. The normalized spacial score (nSPS) is 12.7. The van der Waals surface area contributed by atoms with Crippen LogP contribution in [0.2, 0.25) is 0 Å². The summed E-state index contributed by atoms with van der Waals surface area (Å²) >= 11 is 0. The van der Waals surface area contributed by atoms with Crippen molar-refractivity contribution < 1.29 is 21.6 Å². The fraction of sp³-hybridized carbons (Fsp3) is 0.143. The maximum absolute atomic E-state index is 13.1. The summed E-state index contributed by atoms with van der Waals surface area (Å²) in [4.78, 5) is 4.21. The maximum Gasteiger partial charge on any atom is 0.433 e. The van der Waals surface area contributed by atoms with Gasteiger partial charge in [-0.25, -0.2) is 17.9 Å². The number of hydrogen-bond donors (Lipinski definition) is 0. The first-order chi connectivity index (χ1) is 10.7. The van der Waals surface area contributed by atoms with Crippen molar-refractivity contribution in [2.75, 3.05) is 6.26 Å². The molecule has 0 N–H and O–H groups in total. The number of aromatic nitrogens is 3. The summed E-state index contributed by atoms with van der Waals surface area (Å²) in [5.74, 6) is 0. The average Bonchev–Trinajstić information content (AvgIpc) is 2.92. The lowest BCUT2D eigenvalue weighted by Gasteiger charge is -2.11. The lowest BCUT2D eigenvalue weighted by atomic mass is 10.1. The van der Waals surface area contributed by atoms with E-state index in [1.54, 1.807) is 0 Å². The van der Waals surface area contributed by atoms with Crippen molar-refractivity contribution in [3.63, 3.8) is 0 Å². The van der Waals surface area contributed by atoms with Crippen molar-refractivity contribution in [2.24, 2.45) is 0 Å². The predicted molar refractivity (Wildman–Crippen MR) is 76.5 cm³/mol. The second kappa shape index (κ2) is 5.05. The quantitative estimate of drug-likeness (QED) is 0.719. The zero-order valence-electron chi connectivity index (χ0n) is 11.7. The Balaban J connectivity index is 2.17. The van der Waals surface area contributed by atoms with Gasteiger partial charge in [0.15, 0.2) is 21.2 Å². The molecule has 5 nitrogen and oxygen atoms in total. The Kier molecular flexibility index (Phi) is 3.40. The highest BCUT2D eigenvalue weighted by atomic mass is 32.2. The molecule has 2 heterocycles. The van der Waals surface area contributed by atoms with Crippen molar-refractivity contribution in [3.05, 3.63) is 48.3 Å². The largest absolute Gasteiger partial charge is 0.433 e. The maximum atomic E-state index is 13.1. The molecule has 23 heavy (non-hydrogen) atoms. The second-order valence-corrected chi connectivity index (χ2v) is 6.94. The minimum absolute atomic E-state index is 0.0574. The molecule has 0 aliphatic carbocycles. The molecule has 0 bridgehead atoms. The first-order valence-corrected chi connectivity index (χ1v) is 8.28. The third-order valence-corrected chi connectivity index (χ3v) is 4.36. The molecule has 0 unspecified atom stereocenters. The van der Waals surface area contributed by atoms with E-state index in [0.717, 1.165) is 12.3 Å². The molecule has 0 fully saturated rings. The highest BCUT2D eigenvalue weighted by molar-refractivity contribution is 7.90. The highest BCUT2D eigenvalue weighted by Gasteiger charge is 2.35. The molecule has 3 aromatic rings. The van der Waals surface area contributed by atoms with E-state index in [9.17, 15) is 21.6 Å². The van der Waals surface area contributed by atoms with Gasteiger partial charge in [0.05, 0.1) is 16.8 Å². The Labute approximate surface area is 129 Å². The molecule has 0 spiro atoms. The van der Waals surface area contributed by atoms with E-state index in [4.69, 9.17) is 0 Å². The molecular weight excluding hydrogens is 331 g/mol. The molecule has 9 heteroatoms. The molecule has 0 radical (unpaired) electrons. The summed E-state index contributed by atoms with van der Waals surface area (Å²) in [6, 6.07) is 7.76. The molecule has 0 atom stereocenters. The number of benzene rings is 1. The first-order valence-electron chi connectivity index (χ1n) is 6.39. The zero-order valence-corrected chi connectivity index (χ0v) is 12.6. The van der Waals surface area contributed by atoms with Crippen LogP contribution in [-0.2, 0) is 16.0 Å². The van der Waals surface area contributed by atoms with Crippen molar-refractivity contribution in [1.29, 1.82) is 0 Å². The van der Waals surface area contributed by atoms with Crippen LogP contribution < -0.4 is 0 Å². The van der Waals surface area contributed by atoms with Crippen LogP contribution in [0.25, 0.3) is 16.9 Å². The fourth-order valence-electron chi connectivity index (χ4n) is 2.14. The van der Waals surface area contributed by atoms with E-state index in [0.29, 0.717) is 10.1 Å². The second-order valence-electron chi connectivity index (χ2n) is 4.92. The van der Waals surface area contributed by atoms with Gasteiger partial charge < -0.3 is 0 Å². The number of sulfone groups is 1. The Morgan fingerprint density at radius 2 is 1.74 bits per heavy atom. The third kappa shape index (κ3) is 2.91. The zero-order chi connectivity index (χ0) is 16.8. The minimum atomic E-state index is -4.59. The molecule has 0 aliphatic heterocycles. The molecule has 3 rings (SSSR count). The van der Waals surface area contributed by atoms with Gasteiger partial charge in [0, 0.05) is 17.9 Å². The number of nitrogens with zero attached hydrogens (tertiary/aromatic N) is 3. The lowest BCUT2D eigenvalue weighted by Crippen LogP contribution is -2.13. The molecule has 0 saturated heterocycles. The SMILES string of the molecule is CS(=O)(=O)c1ccc(-c2cc(C(F)(F)F)n3nccc3n2)cc1. The van der Waals surface area contributed by atoms with Crippen molar-refractivity contribution in [3.8, 4) is 11.3 Å². The summed E-state index contributed by atoms with van der Waals surface area (Å²) in [5.41, 5.74) is -0.423. The van der Waals surface area contributed by atoms with E-state index in [-0.39, 0.29) is 16.2 Å². The van der Waals surface area contributed by atoms with Gasteiger partial charge in [-0.1, -0.05) is 12.1 Å². The van der Waals surface area contributed by atoms with Gasteiger partial charge in [-0.15, -0.1) is 0 Å². The van der Waals surface area contributed by atoms with E-state index in [2.05, 4.69) is 10.1 Å². The smallest absolute Gasteiger partial charge is 0.229 e. The lowest BCUT2D eigenvalue weighted by molar-refractivity contribution is -0.142. The van der Waals surface area contributed by atoms with Crippen molar-refractivity contribution >= 4 is 15.5 Å². The van der Waals surface area contributed by atoms with Crippen LogP contribution in [0.15, 0.2) is 47.5 Å². The Morgan fingerprint density at radius 3 is 2.30 bits per heavy atom. The van der Waals surface area contributed by atoms with Gasteiger partial charge in [-0.05, 0) is 18.2 Å². The number of hydrogen-bond acceptors (Lipinski definition) is 4. The van der Waals surface area contributed by atoms with Crippen molar-refractivity contribution in [2.45, 2.75) is 11.1 Å². The number of rotatable bonds is 2. The highest BCUT2D eigenvalue weighted by Crippen LogP contribution is 2.32. The van der Waals surface area contributed by atoms with Crippen LogP contribution in [0, 0.1) is 0 Å². The molecular formula is C14H10F3N3O2S. The van der Waals surface area contributed by atoms with Crippen LogP contribution in [0.5, 0.6) is 0 Å². The van der Waals surface area contributed by atoms with Gasteiger partial charge >= 0.3 is 6.18 Å². The van der Waals surface area contributed by atoms with Gasteiger partial charge in [0.2, 0.25) is 0 Å². The summed E-state index contributed by atoms with van der Waals surface area (Å²) in [6.07, 6.45) is -2.30. The molecule has 2 aromatic heterocycles. The summed E-state index contributed by atoms with van der Waals surface area (Å²) in [7, 11) is -3.37. The summed E-state index contributed by atoms with van der Waals surface area (Å²) in [6.45, 7) is 0. The fourth-order valence-corrected chi connectivity index (χ4v) is 2.77. The summed E-state index contributed by atoms with van der Waals surface area (Å²) in [5, 5.41) is 3.62. The van der Waals surface area contributed by atoms with Crippen LogP contribution >= 0.6 is 0 Å². The van der Waals surface area contributed by atoms with Crippen LogP contribution in [-0.4, -0.2) is 29.3 Å². The molecule has 0 aliphatic rings. The standard InChI is InChI=1S/C14H10F3N3O2S/c1-23(21,22)10-4-2-9(3-5-10)11-8-12(14(15,16)17)20-13(19-11)6-7-18-20/h2-8H,1H3. The van der Waals surface area contributed by atoms with Gasteiger partial charge in [0.25, 0.3) is 0 Å². The average molecular weight is 341 g/mol. The van der Waals surface area contributed by atoms with E-state index in [1.165, 1.54) is 36.5 Å². The number of halogens is 3. The molecule has 0 amide bonds. The van der Waals surface area contributed by atoms with Gasteiger partial charge in [-0.3, -0.25) is 0 Å². The predicted octanol–water partition coefficient (Wildman–Crippen LogP) is 2.82. The van der Waals surface area contributed by atoms with Gasteiger partial charge in [0.1, 0.15) is 0 Å². The van der Waals surface area contributed by atoms with E-state index >= 15 is 0 Å². The van der Waals surface area contributed by atoms with Crippen LogP contribution in [0.3, 0.4) is 0 Å². The van der Waals surface area contributed by atoms with Crippen molar-refractivity contribution in [1.82, 2.24) is 14.6 Å². The monoisotopic (exact) mass is 341 g/mol.